The van der Waals surface area contributed by atoms with Gasteiger partial charge in [-0.3, -0.25) is 4.99 Å². The van der Waals surface area contributed by atoms with Crippen LogP contribution in [0.4, 0.5) is 5.82 Å². The number of pyridine rings is 1. The molecule has 0 bridgehead atoms. The Hall–Kier alpha value is -1.78. The Kier molecular flexibility index (Phi) is 4.81. The average Bonchev–Trinajstić information content (AvgIpc) is 3.19. The summed E-state index contributed by atoms with van der Waals surface area (Å²) in [7, 11) is 0. The van der Waals surface area contributed by atoms with Gasteiger partial charge in [-0.2, -0.15) is 0 Å². The molecule has 1 aliphatic carbocycles. The van der Waals surface area contributed by atoms with Gasteiger partial charge in [0.1, 0.15) is 5.82 Å². The SMILES string of the molecule is NC(=NCCCCNc1ccccn1)NC1CC1. The molecule has 1 saturated carbocycles. The van der Waals surface area contributed by atoms with Gasteiger partial charge in [0, 0.05) is 25.3 Å². The fraction of sp³-hybridized carbons (Fsp3) is 0.538. The minimum Gasteiger partial charge on any atom is -0.370 e. The minimum atomic E-state index is 0.583. The van der Waals surface area contributed by atoms with Gasteiger partial charge in [-0.05, 0) is 37.8 Å². The van der Waals surface area contributed by atoms with E-state index >= 15 is 0 Å². The second kappa shape index (κ2) is 6.83. The molecule has 0 aromatic carbocycles. The molecule has 0 atom stereocenters. The van der Waals surface area contributed by atoms with Crippen LogP contribution in [-0.4, -0.2) is 30.1 Å². The number of nitrogens with two attached hydrogens (primary N) is 1. The van der Waals surface area contributed by atoms with Crippen molar-refractivity contribution in [3.63, 3.8) is 0 Å². The summed E-state index contributed by atoms with van der Waals surface area (Å²) in [6.07, 6.45) is 6.34. The van der Waals surface area contributed by atoms with Crippen molar-refractivity contribution in [2.24, 2.45) is 10.7 Å². The number of nitrogens with one attached hydrogen (secondary N) is 2. The number of anilines is 1. The van der Waals surface area contributed by atoms with E-state index in [-0.39, 0.29) is 0 Å². The molecule has 0 radical (unpaired) electrons. The Morgan fingerprint density at radius 1 is 1.39 bits per heavy atom. The van der Waals surface area contributed by atoms with Crippen molar-refractivity contribution in [2.75, 3.05) is 18.4 Å². The highest BCUT2D eigenvalue weighted by atomic mass is 15.1. The Labute approximate surface area is 108 Å². The number of unbranched alkanes of at least 4 members (excludes halogenated alkanes) is 1. The number of nitrogens with zero attached hydrogens (tertiary/aromatic N) is 2. The van der Waals surface area contributed by atoms with E-state index in [1.165, 1.54) is 12.8 Å². The van der Waals surface area contributed by atoms with E-state index in [9.17, 15) is 0 Å². The largest absolute Gasteiger partial charge is 0.370 e. The zero-order valence-corrected chi connectivity index (χ0v) is 10.6. The van der Waals surface area contributed by atoms with Crippen LogP contribution in [-0.2, 0) is 0 Å². The van der Waals surface area contributed by atoms with Crippen LogP contribution >= 0.6 is 0 Å². The van der Waals surface area contributed by atoms with Gasteiger partial charge in [0.05, 0.1) is 0 Å². The fourth-order valence-corrected chi connectivity index (χ4v) is 1.60. The molecule has 1 aromatic heterocycles. The van der Waals surface area contributed by atoms with Gasteiger partial charge < -0.3 is 16.4 Å². The Morgan fingerprint density at radius 2 is 2.28 bits per heavy atom. The van der Waals surface area contributed by atoms with Crippen molar-refractivity contribution in [2.45, 2.75) is 31.7 Å². The number of aliphatic imine (C=N–C) groups is 1. The maximum atomic E-state index is 5.73. The summed E-state index contributed by atoms with van der Waals surface area (Å²) in [5.74, 6) is 1.52. The molecule has 0 spiro atoms. The molecular formula is C13H21N5. The van der Waals surface area contributed by atoms with Crippen molar-refractivity contribution in [3.8, 4) is 0 Å². The number of hydrogen-bond donors (Lipinski definition) is 3. The molecule has 0 amide bonds. The Bertz CT molecular complexity index is 372. The predicted molar refractivity (Wildman–Crippen MR) is 74.6 cm³/mol. The molecular weight excluding hydrogens is 226 g/mol. The molecule has 1 heterocycles. The molecule has 98 valence electrons. The Balaban J connectivity index is 1.50. The molecule has 5 nitrogen and oxygen atoms in total. The molecule has 1 aliphatic rings. The third-order valence-corrected chi connectivity index (χ3v) is 2.77. The molecule has 1 fully saturated rings. The lowest BCUT2D eigenvalue weighted by Gasteiger charge is -2.05. The highest BCUT2D eigenvalue weighted by molar-refractivity contribution is 5.78. The van der Waals surface area contributed by atoms with Crippen LogP contribution < -0.4 is 16.4 Å². The summed E-state index contributed by atoms with van der Waals surface area (Å²) < 4.78 is 0. The monoisotopic (exact) mass is 247 g/mol. The first-order valence-electron chi connectivity index (χ1n) is 6.56. The molecule has 0 unspecified atom stereocenters. The van der Waals surface area contributed by atoms with Gasteiger partial charge in [0.25, 0.3) is 0 Å². The maximum Gasteiger partial charge on any atom is 0.188 e. The first kappa shape index (κ1) is 12.7. The second-order valence-electron chi connectivity index (χ2n) is 4.53. The van der Waals surface area contributed by atoms with Crippen LogP contribution in [0.25, 0.3) is 0 Å². The van der Waals surface area contributed by atoms with Gasteiger partial charge in [-0.15, -0.1) is 0 Å². The predicted octanol–water partition coefficient (Wildman–Crippen LogP) is 1.34. The highest BCUT2D eigenvalue weighted by Crippen LogP contribution is 2.17. The number of guanidine groups is 1. The lowest BCUT2D eigenvalue weighted by atomic mass is 10.3. The quantitative estimate of drug-likeness (QED) is 0.386. The van der Waals surface area contributed by atoms with E-state index in [2.05, 4.69) is 20.6 Å². The number of rotatable bonds is 7. The van der Waals surface area contributed by atoms with E-state index in [0.717, 1.165) is 31.7 Å². The molecule has 4 N–H and O–H groups in total. The smallest absolute Gasteiger partial charge is 0.188 e. The highest BCUT2D eigenvalue weighted by Gasteiger charge is 2.21. The summed E-state index contributed by atoms with van der Waals surface area (Å²) in [4.78, 5) is 8.48. The van der Waals surface area contributed by atoms with E-state index < -0.39 is 0 Å². The van der Waals surface area contributed by atoms with Crippen LogP contribution in [0.5, 0.6) is 0 Å². The lowest BCUT2D eigenvalue weighted by molar-refractivity contribution is 0.764. The van der Waals surface area contributed by atoms with E-state index in [1.807, 2.05) is 18.2 Å². The van der Waals surface area contributed by atoms with Crippen molar-refractivity contribution in [1.29, 1.82) is 0 Å². The molecule has 0 aliphatic heterocycles. The zero-order chi connectivity index (χ0) is 12.6. The van der Waals surface area contributed by atoms with E-state index in [4.69, 9.17) is 5.73 Å². The average molecular weight is 247 g/mol. The first-order chi connectivity index (χ1) is 8.84. The maximum absolute atomic E-state index is 5.73. The van der Waals surface area contributed by atoms with Gasteiger partial charge in [0.15, 0.2) is 5.96 Å². The van der Waals surface area contributed by atoms with Crippen LogP contribution in [0.15, 0.2) is 29.4 Å². The van der Waals surface area contributed by atoms with Crippen LogP contribution in [0, 0.1) is 0 Å². The zero-order valence-electron chi connectivity index (χ0n) is 10.6. The molecule has 1 aromatic rings. The summed E-state index contributed by atoms with van der Waals surface area (Å²) >= 11 is 0. The van der Waals surface area contributed by atoms with Crippen molar-refractivity contribution in [3.05, 3.63) is 24.4 Å². The van der Waals surface area contributed by atoms with Crippen LogP contribution in [0.2, 0.25) is 0 Å². The third-order valence-electron chi connectivity index (χ3n) is 2.77. The molecule has 18 heavy (non-hydrogen) atoms. The van der Waals surface area contributed by atoms with E-state index in [0.29, 0.717) is 12.0 Å². The second-order valence-corrected chi connectivity index (χ2v) is 4.53. The van der Waals surface area contributed by atoms with Crippen LogP contribution in [0.1, 0.15) is 25.7 Å². The number of hydrogen-bond acceptors (Lipinski definition) is 3. The van der Waals surface area contributed by atoms with E-state index in [1.54, 1.807) is 6.20 Å². The van der Waals surface area contributed by atoms with Gasteiger partial charge >= 0.3 is 0 Å². The van der Waals surface area contributed by atoms with Gasteiger partial charge in [-0.1, -0.05) is 6.07 Å². The summed E-state index contributed by atoms with van der Waals surface area (Å²) in [5.41, 5.74) is 5.73. The topological polar surface area (TPSA) is 75.3 Å². The fourth-order valence-electron chi connectivity index (χ4n) is 1.60. The molecule has 2 rings (SSSR count). The standard InChI is InChI=1S/C13H21N5/c14-13(18-11-6-7-11)17-10-4-3-9-16-12-5-1-2-8-15-12/h1-2,5,8,11H,3-4,6-7,9-10H2,(H,15,16)(H3,14,17,18). The van der Waals surface area contributed by atoms with Crippen LogP contribution in [0.3, 0.4) is 0 Å². The Morgan fingerprint density at radius 3 is 3.00 bits per heavy atom. The minimum absolute atomic E-state index is 0.583. The lowest BCUT2D eigenvalue weighted by Crippen LogP contribution is -2.33. The summed E-state index contributed by atoms with van der Waals surface area (Å²) in [6.45, 7) is 1.71. The normalized spacial score (nSPS) is 15.4. The van der Waals surface area contributed by atoms with Crippen molar-refractivity contribution >= 4 is 11.8 Å². The van der Waals surface area contributed by atoms with Crippen molar-refractivity contribution in [1.82, 2.24) is 10.3 Å². The third kappa shape index (κ3) is 5.03. The van der Waals surface area contributed by atoms with Crippen molar-refractivity contribution < 1.29 is 0 Å². The summed E-state index contributed by atoms with van der Waals surface area (Å²) in [6, 6.07) is 6.44. The van der Waals surface area contributed by atoms with Gasteiger partial charge in [-0.25, -0.2) is 4.98 Å². The molecule has 5 heteroatoms. The molecule has 0 saturated heterocycles. The number of aromatic nitrogens is 1. The summed E-state index contributed by atoms with van der Waals surface area (Å²) in [5, 5.41) is 6.44. The van der Waals surface area contributed by atoms with Gasteiger partial charge in [0.2, 0.25) is 0 Å². The first-order valence-corrected chi connectivity index (χ1v) is 6.56.